The molecule has 0 bridgehead atoms. The summed E-state index contributed by atoms with van der Waals surface area (Å²) in [5.74, 6) is 0. The van der Waals surface area contributed by atoms with Crippen LogP contribution in [-0.2, 0) is 9.47 Å². The number of rotatable bonds is 3. The van der Waals surface area contributed by atoms with Crippen LogP contribution in [0.3, 0.4) is 0 Å². The summed E-state index contributed by atoms with van der Waals surface area (Å²) in [4.78, 5) is 4.82. The van der Waals surface area contributed by atoms with E-state index >= 15 is 0 Å². The molecule has 0 amide bonds. The zero-order valence-electron chi connectivity index (χ0n) is 14.5. The van der Waals surface area contributed by atoms with Crippen LogP contribution in [0.25, 0.3) is 11.1 Å². The van der Waals surface area contributed by atoms with Gasteiger partial charge in [-0.05, 0) is 41.5 Å². The highest BCUT2D eigenvalue weighted by Gasteiger charge is 2.17. The van der Waals surface area contributed by atoms with Gasteiger partial charge in [-0.25, -0.2) is 0 Å². The first kappa shape index (κ1) is 16.2. The third-order valence-corrected chi connectivity index (χ3v) is 4.90. The molecule has 0 unspecified atom stereocenters. The molecule has 5 heteroatoms. The lowest BCUT2D eigenvalue weighted by Gasteiger charge is -2.33. The predicted molar refractivity (Wildman–Crippen MR) is 102 cm³/mol. The standard InChI is InChI=1S/C20H25N3O2/c21-18-3-1-16(2-4-18)17-13-19(22-5-9-24-10-6-22)15-20(14-17)23-7-11-25-12-8-23/h1-4,13-15H,5-12,21H2. The van der Waals surface area contributed by atoms with Crippen molar-refractivity contribution in [2.24, 2.45) is 0 Å². The van der Waals surface area contributed by atoms with Crippen molar-refractivity contribution in [1.82, 2.24) is 0 Å². The van der Waals surface area contributed by atoms with Gasteiger partial charge in [-0.2, -0.15) is 0 Å². The van der Waals surface area contributed by atoms with Crippen molar-refractivity contribution >= 4 is 17.1 Å². The fourth-order valence-electron chi connectivity index (χ4n) is 3.45. The van der Waals surface area contributed by atoms with Gasteiger partial charge in [-0.1, -0.05) is 12.1 Å². The van der Waals surface area contributed by atoms with E-state index in [1.54, 1.807) is 0 Å². The van der Waals surface area contributed by atoms with Gasteiger partial charge in [0.15, 0.2) is 0 Å². The molecule has 0 aromatic heterocycles. The molecule has 2 fully saturated rings. The molecule has 132 valence electrons. The third-order valence-electron chi connectivity index (χ3n) is 4.90. The van der Waals surface area contributed by atoms with Gasteiger partial charge < -0.3 is 25.0 Å². The molecule has 0 atom stereocenters. The van der Waals surface area contributed by atoms with Crippen molar-refractivity contribution in [3.8, 4) is 11.1 Å². The van der Waals surface area contributed by atoms with E-state index in [1.165, 1.54) is 22.5 Å². The van der Waals surface area contributed by atoms with E-state index in [9.17, 15) is 0 Å². The SMILES string of the molecule is Nc1ccc(-c2cc(N3CCOCC3)cc(N3CCOCC3)c2)cc1. The highest BCUT2D eigenvalue weighted by atomic mass is 16.5. The first-order valence-corrected chi connectivity index (χ1v) is 8.96. The molecule has 4 rings (SSSR count). The van der Waals surface area contributed by atoms with Gasteiger partial charge in [-0.3, -0.25) is 0 Å². The molecule has 0 saturated carbocycles. The number of nitrogen functional groups attached to an aromatic ring is 1. The Labute approximate surface area is 148 Å². The number of hydrogen-bond donors (Lipinski definition) is 1. The van der Waals surface area contributed by atoms with Gasteiger partial charge in [0.1, 0.15) is 0 Å². The summed E-state index contributed by atoms with van der Waals surface area (Å²) in [6.07, 6.45) is 0. The van der Waals surface area contributed by atoms with Crippen LogP contribution < -0.4 is 15.5 Å². The van der Waals surface area contributed by atoms with Crippen LogP contribution in [0.5, 0.6) is 0 Å². The lowest BCUT2D eigenvalue weighted by atomic mass is 10.0. The van der Waals surface area contributed by atoms with Crippen LogP contribution in [0.15, 0.2) is 42.5 Å². The zero-order valence-corrected chi connectivity index (χ0v) is 14.5. The molecular weight excluding hydrogens is 314 g/mol. The van der Waals surface area contributed by atoms with Crippen molar-refractivity contribution in [3.05, 3.63) is 42.5 Å². The van der Waals surface area contributed by atoms with Crippen molar-refractivity contribution in [2.45, 2.75) is 0 Å². The minimum Gasteiger partial charge on any atom is -0.399 e. The summed E-state index contributed by atoms with van der Waals surface area (Å²) in [5.41, 5.74) is 11.6. The molecular formula is C20H25N3O2. The average molecular weight is 339 g/mol. The van der Waals surface area contributed by atoms with E-state index in [2.05, 4.69) is 40.1 Å². The molecule has 0 radical (unpaired) electrons. The number of nitrogens with zero attached hydrogens (tertiary/aromatic N) is 2. The second-order valence-electron chi connectivity index (χ2n) is 6.56. The van der Waals surface area contributed by atoms with Crippen molar-refractivity contribution in [1.29, 1.82) is 0 Å². The topological polar surface area (TPSA) is 51.0 Å². The maximum Gasteiger partial charge on any atom is 0.0642 e. The number of nitrogens with two attached hydrogens (primary N) is 1. The second-order valence-corrected chi connectivity index (χ2v) is 6.56. The van der Waals surface area contributed by atoms with Crippen molar-refractivity contribution < 1.29 is 9.47 Å². The van der Waals surface area contributed by atoms with Gasteiger partial charge in [-0.15, -0.1) is 0 Å². The number of ether oxygens (including phenoxy) is 2. The summed E-state index contributed by atoms with van der Waals surface area (Å²) in [6, 6.07) is 15.0. The van der Waals surface area contributed by atoms with Crippen LogP contribution in [0.4, 0.5) is 17.1 Å². The van der Waals surface area contributed by atoms with Crippen molar-refractivity contribution in [2.75, 3.05) is 68.1 Å². The molecule has 2 aliphatic rings. The Morgan fingerprint density at radius 3 is 1.60 bits per heavy atom. The summed E-state index contributed by atoms with van der Waals surface area (Å²) in [6.45, 7) is 6.92. The highest BCUT2D eigenvalue weighted by molar-refractivity contribution is 5.76. The minimum atomic E-state index is 0.791. The average Bonchev–Trinajstić information content (AvgIpc) is 2.69. The molecule has 25 heavy (non-hydrogen) atoms. The van der Waals surface area contributed by atoms with E-state index in [0.717, 1.165) is 58.3 Å². The van der Waals surface area contributed by atoms with Crippen LogP contribution in [0.2, 0.25) is 0 Å². The third kappa shape index (κ3) is 3.72. The molecule has 5 nitrogen and oxygen atoms in total. The normalized spacial score (nSPS) is 18.4. The van der Waals surface area contributed by atoms with Crippen LogP contribution >= 0.6 is 0 Å². The first-order chi connectivity index (χ1) is 12.3. The Morgan fingerprint density at radius 1 is 0.640 bits per heavy atom. The van der Waals surface area contributed by atoms with Gasteiger partial charge in [0, 0.05) is 43.2 Å². The maximum absolute atomic E-state index is 5.85. The first-order valence-electron chi connectivity index (χ1n) is 8.96. The second kappa shape index (κ2) is 7.33. The van der Waals surface area contributed by atoms with Crippen molar-refractivity contribution in [3.63, 3.8) is 0 Å². The summed E-state index contributed by atoms with van der Waals surface area (Å²) in [7, 11) is 0. The number of hydrogen-bond acceptors (Lipinski definition) is 5. The van der Waals surface area contributed by atoms with Gasteiger partial charge in [0.25, 0.3) is 0 Å². The fraction of sp³-hybridized carbons (Fsp3) is 0.400. The van der Waals surface area contributed by atoms with E-state index in [1.807, 2.05) is 12.1 Å². The van der Waals surface area contributed by atoms with Crippen LogP contribution in [0.1, 0.15) is 0 Å². The lowest BCUT2D eigenvalue weighted by molar-refractivity contribution is 0.122. The smallest absolute Gasteiger partial charge is 0.0642 e. The molecule has 2 saturated heterocycles. The largest absolute Gasteiger partial charge is 0.399 e. The Morgan fingerprint density at radius 2 is 1.12 bits per heavy atom. The number of morpholine rings is 2. The molecule has 2 aliphatic heterocycles. The predicted octanol–water partition coefficient (Wildman–Crippen LogP) is 2.61. The Balaban J connectivity index is 1.72. The lowest BCUT2D eigenvalue weighted by Crippen LogP contribution is -2.38. The van der Waals surface area contributed by atoms with E-state index in [4.69, 9.17) is 15.2 Å². The fourth-order valence-corrected chi connectivity index (χ4v) is 3.45. The zero-order chi connectivity index (χ0) is 17.1. The Hall–Kier alpha value is -2.24. The monoisotopic (exact) mass is 339 g/mol. The summed E-state index contributed by atoms with van der Waals surface area (Å²) >= 11 is 0. The van der Waals surface area contributed by atoms with Crippen LogP contribution in [0, 0.1) is 0 Å². The molecule has 2 N–H and O–H groups in total. The maximum atomic E-state index is 5.85. The minimum absolute atomic E-state index is 0.791. The molecule has 0 aliphatic carbocycles. The van der Waals surface area contributed by atoms with E-state index < -0.39 is 0 Å². The van der Waals surface area contributed by atoms with Gasteiger partial charge >= 0.3 is 0 Å². The summed E-state index contributed by atoms with van der Waals surface area (Å²) in [5, 5.41) is 0. The Bertz CT molecular complexity index is 669. The molecule has 2 heterocycles. The quantitative estimate of drug-likeness (QED) is 0.871. The highest BCUT2D eigenvalue weighted by Crippen LogP contribution is 2.32. The molecule has 0 spiro atoms. The van der Waals surface area contributed by atoms with Crippen LogP contribution in [-0.4, -0.2) is 52.6 Å². The summed E-state index contributed by atoms with van der Waals surface area (Å²) < 4.78 is 11.0. The Kier molecular flexibility index (Phi) is 4.76. The number of anilines is 3. The van der Waals surface area contributed by atoms with E-state index in [-0.39, 0.29) is 0 Å². The molecule has 2 aromatic carbocycles. The number of benzene rings is 2. The van der Waals surface area contributed by atoms with Gasteiger partial charge in [0.05, 0.1) is 26.4 Å². The van der Waals surface area contributed by atoms with Gasteiger partial charge in [0.2, 0.25) is 0 Å². The van der Waals surface area contributed by atoms with E-state index in [0.29, 0.717) is 0 Å². The molecule has 2 aromatic rings.